The Labute approximate surface area is 211 Å². The first-order valence-corrected chi connectivity index (χ1v) is 12.0. The number of ether oxygens (including phenoxy) is 2. The summed E-state index contributed by atoms with van der Waals surface area (Å²) < 4.78 is 10.4. The maximum atomic E-state index is 12.0. The van der Waals surface area contributed by atoms with Gasteiger partial charge in [-0.15, -0.1) is 0 Å². The molecule has 0 aliphatic heterocycles. The summed E-state index contributed by atoms with van der Waals surface area (Å²) in [4.78, 5) is 28.7. The van der Waals surface area contributed by atoms with Gasteiger partial charge >= 0.3 is 6.09 Å². The molecule has 0 fully saturated rings. The molecule has 0 aliphatic carbocycles. The van der Waals surface area contributed by atoms with Crippen LogP contribution in [-0.2, 0) is 27.2 Å². The summed E-state index contributed by atoms with van der Waals surface area (Å²) >= 11 is 0. The third-order valence-corrected chi connectivity index (χ3v) is 5.73. The Kier molecular flexibility index (Phi) is 11.0. The first-order valence-electron chi connectivity index (χ1n) is 12.0. The van der Waals surface area contributed by atoms with E-state index >= 15 is 0 Å². The van der Waals surface area contributed by atoms with Crippen LogP contribution in [0, 0.1) is 0 Å². The molecule has 0 unspecified atom stereocenters. The first kappa shape index (κ1) is 26.9. The Hall–Kier alpha value is -3.66. The van der Waals surface area contributed by atoms with Crippen LogP contribution in [0.3, 0.4) is 0 Å². The molecule has 3 rings (SSSR count). The lowest BCUT2D eigenvalue weighted by Gasteiger charge is -2.22. The normalized spacial score (nSPS) is 11.3. The van der Waals surface area contributed by atoms with Crippen LogP contribution in [0.1, 0.15) is 23.1 Å². The van der Waals surface area contributed by atoms with Gasteiger partial charge < -0.3 is 19.8 Å². The summed E-state index contributed by atoms with van der Waals surface area (Å²) in [6, 6.07) is 16.1. The van der Waals surface area contributed by atoms with Crippen molar-refractivity contribution in [2.75, 3.05) is 40.0 Å². The van der Waals surface area contributed by atoms with Crippen molar-refractivity contribution in [3.8, 4) is 0 Å². The number of fused-ring (bicyclic) bond motifs is 1. The molecular formula is C27H34N4O5. The molecule has 9 heteroatoms. The number of para-hydroxylation sites is 1. The van der Waals surface area contributed by atoms with Crippen molar-refractivity contribution >= 4 is 29.0 Å². The van der Waals surface area contributed by atoms with Gasteiger partial charge in [0.1, 0.15) is 6.61 Å². The third kappa shape index (κ3) is 8.84. The topological polar surface area (TPSA) is 116 Å². The van der Waals surface area contributed by atoms with E-state index in [1.807, 2.05) is 36.4 Å². The molecule has 36 heavy (non-hydrogen) atoms. The Balaban J connectivity index is 1.58. The second-order valence-electron chi connectivity index (χ2n) is 8.35. The van der Waals surface area contributed by atoms with E-state index in [1.165, 1.54) is 17.0 Å². The first-order chi connectivity index (χ1) is 17.6. The molecule has 1 aromatic heterocycles. The lowest BCUT2D eigenvalue weighted by atomic mass is 10.1. The van der Waals surface area contributed by atoms with Gasteiger partial charge in [0.15, 0.2) is 0 Å². The van der Waals surface area contributed by atoms with Crippen molar-refractivity contribution < 1.29 is 24.3 Å². The molecule has 0 aliphatic rings. The van der Waals surface area contributed by atoms with Gasteiger partial charge in [0, 0.05) is 63.1 Å². The zero-order valence-corrected chi connectivity index (χ0v) is 20.5. The Morgan fingerprint density at radius 2 is 1.89 bits per heavy atom. The molecule has 0 saturated carbocycles. The Morgan fingerprint density at radius 1 is 1.08 bits per heavy atom. The molecule has 192 valence electrons. The average Bonchev–Trinajstić information content (AvgIpc) is 3.32. The monoisotopic (exact) mass is 494 g/mol. The number of nitrogens with zero attached hydrogens (tertiary/aromatic N) is 1. The number of hydrogen-bond acceptors (Lipinski definition) is 6. The Morgan fingerprint density at radius 3 is 2.67 bits per heavy atom. The number of rotatable bonds is 14. The van der Waals surface area contributed by atoms with E-state index in [2.05, 4.69) is 33.5 Å². The number of nitrogens with one attached hydrogen (secondary N) is 3. The number of carbonyl (C=O) groups excluding carboxylic acids is 2. The number of hydrogen-bond donors (Lipinski definition) is 4. The number of aromatic nitrogens is 1. The van der Waals surface area contributed by atoms with E-state index in [-0.39, 0.29) is 6.61 Å². The molecule has 3 aromatic rings. The highest BCUT2D eigenvalue weighted by atomic mass is 16.5. The van der Waals surface area contributed by atoms with Gasteiger partial charge in [-0.05, 0) is 41.7 Å². The van der Waals surface area contributed by atoms with Crippen molar-refractivity contribution in [2.24, 2.45) is 0 Å². The van der Waals surface area contributed by atoms with Crippen LogP contribution < -0.4 is 10.8 Å². The standard InChI is InChI=1S/C27H34N4O5/c1-35-17-4-14-28-27(33)36-18-16-31(15-13-23-19-29-25-6-3-2-5-24(23)25)20-22-9-7-21(8-10-22)11-12-26(32)30-34/h2-3,5-12,19,29,34H,4,13-18,20H2,1H3,(H,28,33)(H,30,32). The fraction of sp³-hybridized carbons (Fsp3) is 0.333. The van der Waals surface area contributed by atoms with Crippen LogP contribution in [0.15, 0.2) is 60.8 Å². The fourth-order valence-electron chi connectivity index (χ4n) is 3.81. The van der Waals surface area contributed by atoms with Crippen molar-refractivity contribution in [3.63, 3.8) is 0 Å². The number of hydroxylamine groups is 1. The fourth-order valence-corrected chi connectivity index (χ4v) is 3.81. The zero-order chi connectivity index (χ0) is 25.6. The van der Waals surface area contributed by atoms with Gasteiger partial charge in [0.05, 0.1) is 0 Å². The number of carbonyl (C=O) groups is 2. The molecular weight excluding hydrogens is 460 g/mol. The van der Waals surface area contributed by atoms with Gasteiger partial charge in [-0.3, -0.25) is 14.9 Å². The highest BCUT2D eigenvalue weighted by Crippen LogP contribution is 2.19. The average molecular weight is 495 g/mol. The van der Waals surface area contributed by atoms with Crippen molar-refractivity contribution in [3.05, 3.63) is 77.5 Å². The minimum atomic E-state index is -0.578. The maximum absolute atomic E-state index is 12.0. The number of H-pyrrole nitrogens is 1. The van der Waals surface area contributed by atoms with Crippen LogP contribution in [-0.4, -0.2) is 67.0 Å². The van der Waals surface area contributed by atoms with Gasteiger partial charge in [-0.1, -0.05) is 42.5 Å². The van der Waals surface area contributed by atoms with E-state index < -0.39 is 12.0 Å². The minimum absolute atomic E-state index is 0.279. The molecule has 0 atom stereocenters. The smallest absolute Gasteiger partial charge is 0.407 e. The van der Waals surface area contributed by atoms with E-state index in [9.17, 15) is 9.59 Å². The van der Waals surface area contributed by atoms with Crippen LogP contribution in [0.5, 0.6) is 0 Å². The maximum Gasteiger partial charge on any atom is 0.407 e. The third-order valence-electron chi connectivity index (χ3n) is 5.73. The van der Waals surface area contributed by atoms with Crippen LogP contribution in [0.2, 0.25) is 0 Å². The molecule has 0 radical (unpaired) electrons. The molecule has 1 heterocycles. The number of methoxy groups -OCH3 is 1. The SMILES string of the molecule is COCCCNC(=O)OCCN(CCc1c[nH]c2ccccc12)Cc1ccc(C=CC(=O)NO)cc1. The molecule has 0 spiro atoms. The largest absolute Gasteiger partial charge is 0.448 e. The molecule has 9 nitrogen and oxygen atoms in total. The Bertz CT molecular complexity index is 1130. The summed E-state index contributed by atoms with van der Waals surface area (Å²) in [6.07, 6.45) is 6.10. The van der Waals surface area contributed by atoms with Crippen LogP contribution in [0.25, 0.3) is 17.0 Å². The van der Waals surface area contributed by atoms with E-state index in [0.29, 0.717) is 26.2 Å². The van der Waals surface area contributed by atoms with E-state index in [0.717, 1.165) is 36.0 Å². The molecule has 0 saturated heterocycles. The van der Waals surface area contributed by atoms with Gasteiger partial charge in [0.2, 0.25) is 0 Å². The van der Waals surface area contributed by atoms with Crippen molar-refractivity contribution in [1.82, 2.24) is 20.7 Å². The predicted octanol–water partition coefficient (Wildman–Crippen LogP) is 3.49. The number of benzene rings is 2. The van der Waals surface area contributed by atoms with Crippen LogP contribution in [0.4, 0.5) is 4.79 Å². The van der Waals surface area contributed by atoms with E-state index in [4.69, 9.17) is 14.7 Å². The van der Waals surface area contributed by atoms with Gasteiger partial charge in [-0.25, -0.2) is 10.3 Å². The second kappa shape index (κ2) is 14.7. The highest BCUT2D eigenvalue weighted by molar-refractivity contribution is 5.90. The zero-order valence-electron chi connectivity index (χ0n) is 20.5. The number of aromatic amines is 1. The van der Waals surface area contributed by atoms with E-state index in [1.54, 1.807) is 18.7 Å². The van der Waals surface area contributed by atoms with Crippen LogP contribution >= 0.6 is 0 Å². The molecule has 2 amide bonds. The molecule has 4 N–H and O–H groups in total. The molecule has 0 bridgehead atoms. The lowest BCUT2D eigenvalue weighted by molar-refractivity contribution is -0.124. The minimum Gasteiger partial charge on any atom is -0.448 e. The van der Waals surface area contributed by atoms with Crippen molar-refractivity contribution in [1.29, 1.82) is 0 Å². The van der Waals surface area contributed by atoms with Crippen molar-refractivity contribution in [2.45, 2.75) is 19.4 Å². The summed E-state index contributed by atoms with van der Waals surface area (Å²) in [5, 5.41) is 12.6. The summed E-state index contributed by atoms with van der Waals surface area (Å²) in [5.41, 5.74) is 5.88. The van der Waals surface area contributed by atoms with Gasteiger partial charge in [0.25, 0.3) is 5.91 Å². The second-order valence-corrected chi connectivity index (χ2v) is 8.35. The number of alkyl carbamates (subject to hydrolysis) is 1. The summed E-state index contributed by atoms with van der Waals surface area (Å²) in [7, 11) is 1.63. The van der Waals surface area contributed by atoms with Gasteiger partial charge in [-0.2, -0.15) is 0 Å². The number of amides is 2. The highest BCUT2D eigenvalue weighted by Gasteiger charge is 2.11. The summed E-state index contributed by atoms with van der Waals surface area (Å²) in [5.74, 6) is -0.578. The molecule has 2 aromatic carbocycles. The quantitative estimate of drug-likeness (QED) is 0.118. The lowest BCUT2D eigenvalue weighted by Crippen LogP contribution is -2.32. The predicted molar refractivity (Wildman–Crippen MR) is 139 cm³/mol. The summed E-state index contributed by atoms with van der Waals surface area (Å²) in [6.45, 7) is 3.44.